The molecule has 0 bridgehead atoms. The van der Waals surface area contributed by atoms with Crippen molar-refractivity contribution < 1.29 is 33.9 Å². The van der Waals surface area contributed by atoms with Crippen LogP contribution in [0.4, 0.5) is 0 Å². The molecule has 43 heavy (non-hydrogen) atoms. The van der Waals surface area contributed by atoms with Crippen LogP contribution in [0, 0.1) is 0 Å². The Kier molecular flexibility index (Phi) is 12.9. The van der Waals surface area contributed by atoms with E-state index in [1.165, 1.54) is 0 Å². The van der Waals surface area contributed by atoms with Gasteiger partial charge in [-0.2, -0.15) is 0 Å². The van der Waals surface area contributed by atoms with E-state index in [1.54, 1.807) is 24.4 Å². The van der Waals surface area contributed by atoms with Crippen LogP contribution >= 0.6 is 0 Å². The molecule has 0 aliphatic heterocycles. The monoisotopic (exact) mass is 602 g/mol. The first kappa shape index (κ1) is 34.0. The number of rotatable bonds is 18. The van der Waals surface area contributed by atoms with Gasteiger partial charge in [0.2, 0.25) is 29.5 Å². The van der Waals surface area contributed by atoms with Gasteiger partial charge < -0.3 is 54.7 Å². The lowest BCUT2D eigenvalue weighted by Crippen LogP contribution is -2.58. The number of para-hydroxylation sites is 1. The maximum atomic E-state index is 13.4. The summed E-state index contributed by atoms with van der Waals surface area (Å²) in [4.78, 5) is 80.8. The van der Waals surface area contributed by atoms with Gasteiger partial charge in [-0.05, 0) is 30.9 Å². The zero-order chi connectivity index (χ0) is 32.1. The molecule has 2 rings (SSSR count). The zero-order valence-corrected chi connectivity index (χ0v) is 23.4. The molecule has 1 aromatic carbocycles. The topological polar surface area (TPSA) is 317 Å². The number of primary amides is 2. The third-order valence-electron chi connectivity index (χ3n) is 6.37. The summed E-state index contributed by atoms with van der Waals surface area (Å²) >= 11 is 0. The molecule has 0 saturated heterocycles. The Hall–Kier alpha value is -5.19. The van der Waals surface area contributed by atoms with Crippen LogP contribution in [-0.4, -0.2) is 82.3 Å². The number of nitrogens with two attached hydrogens (primary N) is 5. The quantitative estimate of drug-likeness (QED) is 0.0462. The smallest absolute Gasteiger partial charge is 0.326 e. The average Bonchev–Trinajstić information content (AvgIpc) is 3.34. The molecule has 0 aliphatic rings. The summed E-state index contributed by atoms with van der Waals surface area (Å²) in [6.45, 7) is 0.133. The highest BCUT2D eigenvalue weighted by atomic mass is 16.4. The molecular weight excluding hydrogens is 564 g/mol. The van der Waals surface area contributed by atoms with Crippen molar-refractivity contribution in [2.24, 2.45) is 33.7 Å². The van der Waals surface area contributed by atoms with Gasteiger partial charge in [0.1, 0.15) is 18.1 Å². The number of nitrogens with zero attached hydrogens (tertiary/aromatic N) is 1. The normalized spacial score (nSPS) is 13.6. The highest BCUT2D eigenvalue weighted by Crippen LogP contribution is 2.19. The van der Waals surface area contributed by atoms with Crippen LogP contribution in [0.2, 0.25) is 0 Å². The molecule has 5 amide bonds. The molecule has 0 fully saturated rings. The molecule has 0 spiro atoms. The number of hydrogen-bond acceptors (Lipinski definition) is 8. The minimum absolute atomic E-state index is 0.0187. The third-order valence-corrected chi connectivity index (χ3v) is 6.37. The van der Waals surface area contributed by atoms with Crippen molar-refractivity contribution in [1.29, 1.82) is 0 Å². The number of guanidine groups is 1. The van der Waals surface area contributed by atoms with Crippen LogP contribution in [0.3, 0.4) is 0 Å². The molecule has 17 nitrogen and oxygen atoms in total. The lowest BCUT2D eigenvalue weighted by molar-refractivity contribution is -0.142. The first-order chi connectivity index (χ1) is 20.3. The molecule has 15 N–H and O–H groups in total. The number of hydrogen-bond donors (Lipinski definition) is 10. The number of benzene rings is 1. The molecule has 1 aromatic heterocycles. The predicted octanol–water partition coefficient (Wildman–Crippen LogP) is -3.23. The van der Waals surface area contributed by atoms with Crippen molar-refractivity contribution in [2.45, 2.75) is 62.7 Å². The van der Waals surface area contributed by atoms with Crippen molar-refractivity contribution in [3.8, 4) is 0 Å². The van der Waals surface area contributed by atoms with Crippen molar-refractivity contribution in [1.82, 2.24) is 20.9 Å². The second-order valence-corrected chi connectivity index (χ2v) is 9.82. The number of H-pyrrole nitrogens is 1. The Balaban J connectivity index is 2.29. The van der Waals surface area contributed by atoms with Gasteiger partial charge in [0.05, 0.1) is 12.5 Å². The fraction of sp³-hybridized carbons (Fsp3) is 0.423. The van der Waals surface area contributed by atoms with Gasteiger partial charge in [-0.3, -0.25) is 29.0 Å². The van der Waals surface area contributed by atoms with Gasteiger partial charge in [0.15, 0.2) is 5.96 Å². The summed E-state index contributed by atoms with van der Waals surface area (Å²) in [6.07, 6.45) is 0.831. The number of carboxylic acids is 1. The first-order valence-corrected chi connectivity index (χ1v) is 13.3. The SMILES string of the molecule is NC(=O)CCC(N)C(=O)NC(CC(N)=O)C(=O)NC(Cc1c[nH]c2ccccc12)C(=O)NC(CCCN=C(N)N)C(=O)O. The van der Waals surface area contributed by atoms with Crippen LogP contribution in [0.25, 0.3) is 10.9 Å². The fourth-order valence-electron chi connectivity index (χ4n) is 4.15. The van der Waals surface area contributed by atoms with Gasteiger partial charge in [0.25, 0.3) is 0 Å². The Morgan fingerprint density at radius 1 is 0.837 bits per heavy atom. The molecule has 4 unspecified atom stereocenters. The number of fused-ring (bicyclic) bond motifs is 1. The van der Waals surface area contributed by atoms with Gasteiger partial charge in [0, 0.05) is 36.5 Å². The Morgan fingerprint density at radius 3 is 2.09 bits per heavy atom. The summed E-state index contributed by atoms with van der Waals surface area (Å²) < 4.78 is 0. The Labute approximate surface area is 246 Å². The summed E-state index contributed by atoms with van der Waals surface area (Å²) in [5.74, 6) is -5.74. The molecule has 0 saturated carbocycles. The van der Waals surface area contributed by atoms with E-state index in [-0.39, 0.29) is 44.6 Å². The van der Waals surface area contributed by atoms with Crippen molar-refractivity contribution in [3.63, 3.8) is 0 Å². The molecule has 4 atom stereocenters. The number of aromatic amines is 1. The second kappa shape index (κ2) is 16.3. The zero-order valence-electron chi connectivity index (χ0n) is 23.4. The first-order valence-electron chi connectivity index (χ1n) is 13.3. The van der Waals surface area contributed by atoms with Crippen molar-refractivity contribution >= 4 is 52.4 Å². The van der Waals surface area contributed by atoms with Gasteiger partial charge in [-0.15, -0.1) is 0 Å². The molecule has 1 heterocycles. The number of aliphatic imine (C=N–C) groups is 1. The Bertz CT molecular complexity index is 1350. The van der Waals surface area contributed by atoms with E-state index in [0.717, 1.165) is 10.9 Å². The summed E-state index contributed by atoms with van der Waals surface area (Å²) in [7, 11) is 0. The standard InChI is InChI=1S/C26H38N10O7/c27-15(7-8-20(28)37)22(39)35-19(11-21(29)38)24(41)36-18(10-13-12-33-16-5-2-1-4-14(13)16)23(40)34-17(25(42)43)6-3-9-32-26(30)31/h1-2,4-5,12,15,17-19,33H,3,6-11,27H2,(H2,28,37)(H2,29,38)(H,34,40)(H,35,39)(H,36,41)(H,42,43)(H4,30,31,32). The summed E-state index contributed by atoms with van der Waals surface area (Å²) in [6, 6.07) is 1.75. The van der Waals surface area contributed by atoms with Gasteiger partial charge >= 0.3 is 5.97 Å². The minimum Gasteiger partial charge on any atom is -0.480 e. The Morgan fingerprint density at radius 2 is 1.47 bits per heavy atom. The van der Waals surface area contributed by atoms with Crippen molar-refractivity contribution in [3.05, 3.63) is 36.0 Å². The van der Waals surface area contributed by atoms with Crippen molar-refractivity contribution in [2.75, 3.05) is 6.54 Å². The number of aromatic nitrogens is 1. The fourth-order valence-corrected chi connectivity index (χ4v) is 4.15. The van der Waals surface area contributed by atoms with Gasteiger partial charge in [-0.25, -0.2) is 4.79 Å². The lowest BCUT2D eigenvalue weighted by atomic mass is 10.0. The number of carboxylic acid groups (broad SMARTS) is 1. The van der Waals surface area contributed by atoms with E-state index in [1.807, 2.05) is 6.07 Å². The second-order valence-electron chi connectivity index (χ2n) is 9.82. The van der Waals surface area contributed by atoms with E-state index in [9.17, 15) is 33.9 Å². The van der Waals surface area contributed by atoms with E-state index in [4.69, 9.17) is 28.7 Å². The number of nitrogens with one attached hydrogen (secondary N) is 4. The average molecular weight is 603 g/mol. The molecule has 0 aliphatic carbocycles. The van der Waals surface area contributed by atoms with Crippen LogP contribution < -0.4 is 44.6 Å². The van der Waals surface area contributed by atoms with Crippen LogP contribution in [0.5, 0.6) is 0 Å². The largest absolute Gasteiger partial charge is 0.480 e. The van der Waals surface area contributed by atoms with Gasteiger partial charge in [-0.1, -0.05) is 18.2 Å². The summed E-state index contributed by atoms with van der Waals surface area (Å²) in [5, 5.41) is 17.7. The lowest BCUT2D eigenvalue weighted by Gasteiger charge is -2.25. The third kappa shape index (κ3) is 11.3. The molecule has 0 radical (unpaired) electrons. The van der Waals surface area contributed by atoms with Crippen LogP contribution in [0.1, 0.15) is 37.7 Å². The number of amides is 5. The van der Waals surface area contributed by atoms with Crippen LogP contribution in [0.15, 0.2) is 35.5 Å². The molecule has 17 heteroatoms. The van der Waals surface area contributed by atoms with Crippen LogP contribution in [-0.2, 0) is 35.2 Å². The highest BCUT2D eigenvalue weighted by Gasteiger charge is 2.31. The molecule has 2 aromatic rings. The minimum atomic E-state index is -1.53. The number of carbonyl (C=O) groups is 6. The van der Waals surface area contributed by atoms with E-state index < -0.39 is 66.1 Å². The number of aliphatic carboxylic acids is 1. The molecular formula is C26H38N10O7. The maximum absolute atomic E-state index is 13.4. The summed E-state index contributed by atoms with van der Waals surface area (Å²) in [5.41, 5.74) is 28.1. The maximum Gasteiger partial charge on any atom is 0.326 e. The predicted molar refractivity (Wildman–Crippen MR) is 156 cm³/mol. The van der Waals surface area contributed by atoms with E-state index in [0.29, 0.717) is 5.56 Å². The number of carbonyl (C=O) groups excluding carboxylic acids is 5. The molecule has 234 valence electrons. The highest BCUT2D eigenvalue weighted by molar-refractivity contribution is 5.96. The van der Waals surface area contributed by atoms with E-state index >= 15 is 0 Å². The van der Waals surface area contributed by atoms with E-state index in [2.05, 4.69) is 25.9 Å².